The van der Waals surface area contributed by atoms with Crippen molar-refractivity contribution in [3.63, 3.8) is 0 Å². The van der Waals surface area contributed by atoms with Crippen molar-refractivity contribution in [1.29, 1.82) is 0 Å². The number of rotatable bonds is 39. The van der Waals surface area contributed by atoms with E-state index in [9.17, 15) is 0 Å². The van der Waals surface area contributed by atoms with Gasteiger partial charge in [-0.05, 0) is 52.1 Å². The van der Waals surface area contributed by atoms with Crippen molar-refractivity contribution >= 4 is 60.9 Å². The van der Waals surface area contributed by atoms with Crippen LogP contribution in [0.1, 0.15) is 219 Å². The molecule has 0 nitrogen and oxygen atoms in total. The van der Waals surface area contributed by atoms with E-state index < -0.39 is 0 Å². The summed E-state index contributed by atoms with van der Waals surface area (Å²) in [6.07, 6.45) is 46.7. The normalized spacial score (nSPS) is 11.6. The van der Waals surface area contributed by atoms with E-state index in [0.717, 1.165) is 0 Å². The lowest BCUT2D eigenvalue weighted by atomic mass is 10.0. The molecule has 0 rings (SSSR count). The second-order valence-corrected chi connectivity index (χ2v) is 22.3. The van der Waals surface area contributed by atoms with Crippen LogP contribution in [0.4, 0.5) is 0 Å². The SMILES string of the molecule is CCCCCCCCCCCCCCCCCCSSSSSSCCCCCCCCCCCCCCCCCC. The largest absolute Gasteiger partial charge is 0.0817 e. The fraction of sp³-hybridized carbons (Fsp3) is 1.00. The number of hydrogen-bond donors (Lipinski definition) is 0. The van der Waals surface area contributed by atoms with E-state index in [-0.39, 0.29) is 0 Å². The molecule has 0 bridgehead atoms. The summed E-state index contributed by atoms with van der Waals surface area (Å²) < 4.78 is 0. The Kier molecular flexibility index (Phi) is 45.3. The lowest BCUT2D eigenvalue weighted by Gasteiger charge is -2.04. The van der Waals surface area contributed by atoms with Crippen LogP contribution in [0.2, 0.25) is 0 Å². The quantitative estimate of drug-likeness (QED) is 0.0459. The third-order valence-electron chi connectivity index (χ3n) is 8.34. The van der Waals surface area contributed by atoms with E-state index in [2.05, 4.69) is 35.4 Å². The first kappa shape index (κ1) is 44.1. The van der Waals surface area contributed by atoms with Gasteiger partial charge in [0.25, 0.3) is 0 Å². The minimum absolute atomic E-state index is 1.33. The Morgan fingerprint density at radius 3 is 0.619 bits per heavy atom. The van der Waals surface area contributed by atoms with E-state index >= 15 is 0 Å². The van der Waals surface area contributed by atoms with Gasteiger partial charge in [0.1, 0.15) is 0 Å². The summed E-state index contributed by atoms with van der Waals surface area (Å²) in [5, 5.41) is 0. The van der Waals surface area contributed by atoms with Crippen molar-refractivity contribution in [3.8, 4) is 0 Å². The summed E-state index contributed by atoms with van der Waals surface area (Å²) in [7, 11) is 12.1. The summed E-state index contributed by atoms with van der Waals surface area (Å²) in [6, 6.07) is 0. The number of unbranched alkanes of at least 4 members (excludes halogenated alkanes) is 30. The zero-order valence-electron chi connectivity index (χ0n) is 28.5. The van der Waals surface area contributed by atoms with E-state index in [1.54, 1.807) is 0 Å². The standard InChI is InChI=1S/C36H74S6/c1-3-5-7-9-11-13-15-17-19-21-23-25-27-29-31-33-35-37-39-41-42-40-38-36-34-32-30-28-26-24-22-20-18-16-14-12-10-8-6-4-2/h3-36H2,1-2H3. The van der Waals surface area contributed by atoms with Gasteiger partial charge in [-0.15, -0.1) is 0 Å². The lowest BCUT2D eigenvalue weighted by Crippen LogP contribution is -1.84. The van der Waals surface area contributed by atoms with Crippen LogP contribution in [0, 0.1) is 0 Å². The molecule has 0 fully saturated rings. The maximum atomic E-state index is 2.31. The third-order valence-corrected chi connectivity index (χ3v) is 19.4. The van der Waals surface area contributed by atoms with E-state index in [4.69, 9.17) is 0 Å². The summed E-state index contributed by atoms with van der Waals surface area (Å²) in [6.45, 7) is 4.61. The van der Waals surface area contributed by atoms with Crippen LogP contribution < -0.4 is 0 Å². The van der Waals surface area contributed by atoms with Crippen LogP contribution in [0.15, 0.2) is 0 Å². The first-order chi connectivity index (χ1) is 20.9. The fourth-order valence-electron chi connectivity index (χ4n) is 5.55. The molecular weight excluding hydrogens is 625 g/mol. The monoisotopic (exact) mass is 698 g/mol. The van der Waals surface area contributed by atoms with Crippen molar-refractivity contribution in [3.05, 3.63) is 0 Å². The predicted molar refractivity (Wildman–Crippen MR) is 214 cm³/mol. The Hall–Kier alpha value is 2.10. The molecule has 0 N–H and O–H groups in total. The summed E-state index contributed by atoms with van der Waals surface area (Å²) in [5.74, 6) is 2.65. The van der Waals surface area contributed by atoms with Crippen LogP contribution in [0.3, 0.4) is 0 Å². The van der Waals surface area contributed by atoms with Gasteiger partial charge < -0.3 is 0 Å². The molecule has 254 valence electrons. The average molecular weight is 699 g/mol. The molecule has 6 heteroatoms. The van der Waals surface area contributed by atoms with Gasteiger partial charge in [0.15, 0.2) is 0 Å². The molecule has 0 heterocycles. The van der Waals surface area contributed by atoms with Crippen LogP contribution in [-0.4, -0.2) is 11.5 Å². The highest BCUT2D eigenvalue weighted by Gasteiger charge is 1.99. The van der Waals surface area contributed by atoms with Crippen molar-refractivity contribution in [1.82, 2.24) is 0 Å². The molecule has 0 unspecified atom stereocenters. The molecule has 0 spiro atoms. The summed E-state index contributed by atoms with van der Waals surface area (Å²) in [5.41, 5.74) is 0. The Morgan fingerprint density at radius 1 is 0.214 bits per heavy atom. The summed E-state index contributed by atoms with van der Waals surface area (Å²) in [4.78, 5) is 0. The minimum Gasteiger partial charge on any atom is -0.0817 e. The van der Waals surface area contributed by atoms with Gasteiger partial charge in [0, 0.05) is 11.5 Å². The van der Waals surface area contributed by atoms with Crippen LogP contribution in [0.5, 0.6) is 0 Å². The Labute approximate surface area is 289 Å². The second-order valence-electron chi connectivity index (χ2n) is 12.5. The highest BCUT2D eigenvalue weighted by Crippen LogP contribution is 2.52. The number of hydrogen-bond acceptors (Lipinski definition) is 6. The minimum atomic E-state index is 1.33. The van der Waals surface area contributed by atoms with Gasteiger partial charge in [-0.2, -0.15) is 0 Å². The topological polar surface area (TPSA) is 0 Å². The maximum Gasteiger partial charge on any atom is 0.00454 e. The summed E-state index contributed by atoms with van der Waals surface area (Å²) >= 11 is 0. The first-order valence-corrected chi connectivity index (χ1v) is 26.6. The molecule has 0 saturated heterocycles. The predicted octanol–water partition coefficient (Wildman–Crippen LogP) is 17.5. The molecule has 0 aliphatic heterocycles. The second kappa shape index (κ2) is 43.1. The average Bonchev–Trinajstić information content (AvgIpc) is 3.00. The Balaban J connectivity index is 3.02. The van der Waals surface area contributed by atoms with Crippen molar-refractivity contribution in [2.75, 3.05) is 11.5 Å². The van der Waals surface area contributed by atoms with Crippen molar-refractivity contribution < 1.29 is 0 Å². The molecule has 0 aromatic carbocycles. The Morgan fingerprint density at radius 2 is 0.405 bits per heavy atom. The lowest BCUT2D eigenvalue weighted by molar-refractivity contribution is 0.532. The van der Waals surface area contributed by atoms with Crippen LogP contribution in [-0.2, 0) is 0 Å². The molecule has 0 radical (unpaired) electrons. The first-order valence-electron chi connectivity index (χ1n) is 18.8. The van der Waals surface area contributed by atoms with Gasteiger partial charge in [-0.3, -0.25) is 0 Å². The zero-order chi connectivity index (χ0) is 30.3. The van der Waals surface area contributed by atoms with Gasteiger partial charge in [-0.25, -0.2) is 0 Å². The molecule has 0 aromatic rings. The van der Waals surface area contributed by atoms with Crippen LogP contribution in [0.25, 0.3) is 0 Å². The smallest absolute Gasteiger partial charge is 0.00454 e. The van der Waals surface area contributed by atoms with Crippen molar-refractivity contribution in [2.45, 2.75) is 219 Å². The molecule has 0 amide bonds. The zero-order valence-corrected chi connectivity index (χ0v) is 33.4. The molecule has 0 aromatic heterocycles. The highest BCUT2D eigenvalue weighted by atomic mass is 33.9. The molecule has 0 atom stereocenters. The fourth-order valence-corrected chi connectivity index (χ4v) is 17.3. The van der Waals surface area contributed by atoms with Crippen molar-refractivity contribution in [2.24, 2.45) is 0 Å². The van der Waals surface area contributed by atoms with Gasteiger partial charge in [-0.1, -0.05) is 228 Å². The van der Waals surface area contributed by atoms with Gasteiger partial charge in [0.2, 0.25) is 0 Å². The van der Waals surface area contributed by atoms with Gasteiger partial charge in [0.05, 0.1) is 0 Å². The molecular formula is C36H74S6. The van der Waals surface area contributed by atoms with Gasteiger partial charge >= 0.3 is 0 Å². The van der Waals surface area contributed by atoms with E-state index in [1.165, 1.54) is 217 Å². The molecule has 0 aliphatic carbocycles. The van der Waals surface area contributed by atoms with E-state index in [1.807, 2.05) is 39.3 Å². The van der Waals surface area contributed by atoms with E-state index in [0.29, 0.717) is 0 Å². The highest BCUT2D eigenvalue weighted by molar-refractivity contribution is 9.41. The Bertz CT molecular complexity index is 411. The third kappa shape index (κ3) is 42.1. The molecule has 0 saturated carbocycles. The molecule has 0 aliphatic rings. The maximum absolute atomic E-state index is 2.31. The van der Waals surface area contributed by atoms with Crippen LogP contribution >= 0.6 is 60.9 Å². The molecule has 42 heavy (non-hydrogen) atoms.